The summed E-state index contributed by atoms with van der Waals surface area (Å²) in [6.07, 6.45) is 2.01. The van der Waals surface area contributed by atoms with Gasteiger partial charge in [-0.1, -0.05) is 0 Å². The Morgan fingerprint density at radius 3 is 2.72 bits per heavy atom. The lowest BCUT2D eigenvalue weighted by Gasteiger charge is -2.18. The van der Waals surface area contributed by atoms with Crippen LogP contribution in [0.4, 0.5) is 5.69 Å². The summed E-state index contributed by atoms with van der Waals surface area (Å²) < 4.78 is 0.380. The van der Waals surface area contributed by atoms with E-state index < -0.39 is 4.92 Å². The third kappa shape index (κ3) is 2.83. The van der Waals surface area contributed by atoms with Gasteiger partial charge < -0.3 is 15.4 Å². The van der Waals surface area contributed by atoms with Crippen LogP contribution in [0.2, 0.25) is 0 Å². The summed E-state index contributed by atoms with van der Waals surface area (Å²) in [7, 11) is 3.39. The number of hydrogen-bond acceptors (Lipinski definition) is 6. The molecule has 0 aliphatic carbocycles. The fraction of sp³-hybridized carbons (Fsp3) is 0.200. The molecule has 1 aromatic rings. The van der Waals surface area contributed by atoms with E-state index in [4.69, 9.17) is 5.41 Å². The van der Waals surface area contributed by atoms with E-state index in [1.807, 2.05) is 0 Å². The first-order valence-electron chi connectivity index (χ1n) is 4.79. The third-order valence-electron chi connectivity index (χ3n) is 2.12. The van der Waals surface area contributed by atoms with E-state index in [9.17, 15) is 15.2 Å². The molecule has 0 aliphatic heterocycles. The van der Waals surface area contributed by atoms with Crippen LogP contribution in [0, 0.1) is 15.5 Å². The predicted molar refractivity (Wildman–Crippen MR) is 70.9 cm³/mol. The molecule has 0 fully saturated rings. The van der Waals surface area contributed by atoms with Gasteiger partial charge in [-0.2, -0.15) is 0 Å². The number of halogens is 1. The van der Waals surface area contributed by atoms with Crippen LogP contribution in [-0.2, 0) is 0 Å². The van der Waals surface area contributed by atoms with Gasteiger partial charge in [0.2, 0.25) is 5.88 Å². The van der Waals surface area contributed by atoms with Gasteiger partial charge in [0.25, 0.3) is 5.69 Å². The average molecular weight is 315 g/mol. The first-order valence-corrected chi connectivity index (χ1v) is 5.59. The SMILES string of the molecule is CN(C)/C(=C(/Br)C=N)c1cc([N+](=O)[O-])cnc1O. The van der Waals surface area contributed by atoms with Gasteiger partial charge in [0.05, 0.1) is 20.7 Å². The maximum Gasteiger partial charge on any atom is 0.288 e. The van der Waals surface area contributed by atoms with Crippen molar-refractivity contribution >= 4 is 33.5 Å². The fourth-order valence-electron chi connectivity index (χ4n) is 1.37. The molecule has 0 saturated carbocycles. The highest BCUT2D eigenvalue weighted by molar-refractivity contribution is 9.12. The topological polar surface area (TPSA) is 103 Å². The summed E-state index contributed by atoms with van der Waals surface area (Å²) in [5, 5.41) is 27.6. The lowest BCUT2D eigenvalue weighted by molar-refractivity contribution is -0.385. The number of nitrogens with one attached hydrogen (secondary N) is 1. The zero-order valence-electron chi connectivity index (χ0n) is 9.72. The summed E-state index contributed by atoms with van der Waals surface area (Å²) in [5.74, 6) is -0.330. The quantitative estimate of drug-likeness (QED) is 0.502. The van der Waals surface area contributed by atoms with Gasteiger partial charge in [-0.15, -0.1) is 0 Å². The largest absolute Gasteiger partial charge is 0.493 e. The number of nitro groups is 1. The van der Waals surface area contributed by atoms with Crippen LogP contribution in [0.3, 0.4) is 0 Å². The first kappa shape index (κ1) is 14.1. The number of nitrogens with zero attached hydrogens (tertiary/aromatic N) is 3. The van der Waals surface area contributed by atoms with Crippen LogP contribution in [0.25, 0.3) is 5.70 Å². The molecule has 1 rings (SSSR count). The minimum absolute atomic E-state index is 0.185. The normalized spacial score (nSPS) is 11.7. The molecule has 0 spiro atoms. The van der Waals surface area contributed by atoms with E-state index in [0.717, 1.165) is 12.4 Å². The summed E-state index contributed by atoms with van der Waals surface area (Å²) in [5.41, 5.74) is 0.385. The van der Waals surface area contributed by atoms with Gasteiger partial charge in [-0.25, -0.2) is 4.98 Å². The highest BCUT2D eigenvalue weighted by Gasteiger charge is 2.18. The maximum atomic E-state index is 10.7. The summed E-state index contributed by atoms with van der Waals surface area (Å²) >= 11 is 3.16. The van der Waals surface area contributed by atoms with Crippen molar-refractivity contribution in [2.45, 2.75) is 0 Å². The summed E-state index contributed by atoms with van der Waals surface area (Å²) in [6.45, 7) is 0. The highest BCUT2D eigenvalue weighted by atomic mass is 79.9. The Hall–Kier alpha value is -1.96. The summed E-state index contributed by atoms with van der Waals surface area (Å²) in [4.78, 5) is 15.3. The van der Waals surface area contributed by atoms with E-state index in [1.165, 1.54) is 6.07 Å². The summed E-state index contributed by atoms with van der Waals surface area (Å²) in [6, 6.07) is 1.21. The fourth-order valence-corrected chi connectivity index (χ4v) is 1.94. The number of allylic oxidation sites excluding steroid dienone is 1. The van der Waals surface area contributed by atoms with Crippen molar-refractivity contribution in [3.8, 4) is 5.88 Å². The lowest BCUT2D eigenvalue weighted by Crippen LogP contribution is -2.12. The Morgan fingerprint density at radius 2 is 2.28 bits per heavy atom. The van der Waals surface area contributed by atoms with Crippen molar-refractivity contribution in [2.24, 2.45) is 0 Å². The molecule has 7 nitrogen and oxygen atoms in total. The van der Waals surface area contributed by atoms with Gasteiger partial charge in [0.15, 0.2) is 0 Å². The van der Waals surface area contributed by atoms with Crippen LogP contribution in [-0.4, -0.2) is 40.2 Å². The second-order valence-electron chi connectivity index (χ2n) is 3.56. The van der Waals surface area contributed by atoms with Gasteiger partial charge in [-0.3, -0.25) is 10.1 Å². The van der Waals surface area contributed by atoms with E-state index >= 15 is 0 Å². The molecule has 0 atom stereocenters. The lowest BCUT2D eigenvalue weighted by atomic mass is 10.1. The van der Waals surface area contributed by atoms with E-state index in [-0.39, 0.29) is 17.1 Å². The van der Waals surface area contributed by atoms with Crippen molar-refractivity contribution in [3.05, 3.63) is 32.4 Å². The van der Waals surface area contributed by atoms with Gasteiger partial charge in [0, 0.05) is 26.4 Å². The molecule has 1 aromatic heterocycles. The standard InChI is InChI=1S/C10H11BrN4O3/c1-14(2)9(8(11)4-12)7-3-6(15(17)18)5-13-10(7)16/h3-5,12H,1-2H3,(H,13,16)/b9-8+,12-4?. The number of hydrogen-bond donors (Lipinski definition) is 2. The average Bonchev–Trinajstić information content (AvgIpc) is 2.30. The molecule has 2 N–H and O–H groups in total. The van der Waals surface area contributed by atoms with Crippen LogP contribution < -0.4 is 0 Å². The molecular weight excluding hydrogens is 304 g/mol. The Labute approximate surface area is 112 Å². The molecule has 0 saturated heterocycles. The van der Waals surface area contributed by atoms with Crippen molar-refractivity contribution in [3.63, 3.8) is 0 Å². The Kier molecular flexibility index (Phi) is 4.38. The molecule has 8 heteroatoms. The molecular formula is C10H11BrN4O3. The molecule has 0 radical (unpaired) electrons. The van der Waals surface area contributed by atoms with Crippen molar-refractivity contribution in [1.29, 1.82) is 5.41 Å². The minimum atomic E-state index is -0.596. The van der Waals surface area contributed by atoms with E-state index in [0.29, 0.717) is 10.2 Å². The van der Waals surface area contributed by atoms with Crippen LogP contribution in [0.1, 0.15) is 5.56 Å². The zero-order chi connectivity index (χ0) is 13.9. The van der Waals surface area contributed by atoms with Gasteiger partial charge >= 0.3 is 0 Å². The van der Waals surface area contributed by atoms with Gasteiger partial charge in [0.1, 0.15) is 6.20 Å². The van der Waals surface area contributed by atoms with Crippen LogP contribution >= 0.6 is 15.9 Å². The third-order valence-corrected chi connectivity index (χ3v) is 2.72. The number of aromatic nitrogens is 1. The van der Waals surface area contributed by atoms with Gasteiger partial charge in [-0.05, 0) is 15.9 Å². The molecule has 0 bridgehead atoms. The molecule has 0 amide bonds. The second-order valence-corrected chi connectivity index (χ2v) is 4.41. The van der Waals surface area contributed by atoms with E-state index in [1.54, 1.807) is 19.0 Å². The van der Waals surface area contributed by atoms with E-state index in [2.05, 4.69) is 20.9 Å². The van der Waals surface area contributed by atoms with Crippen LogP contribution in [0.5, 0.6) is 5.88 Å². The Bertz CT molecular complexity index is 528. The molecule has 0 aromatic carbocycles. The predicted octanol–water partition coefficient (Wildman–Crippen LogP) is 1.97. The number of aromatic hydroxyl groups is 1. The smallest absolute Gasteiger partial charge is 0.288 e. The zero-order valence-corrected chi connectivity index (χ0v) is 11.3. The van der Waals surface area contributed by atoms with Crippen molar-refractivity contribution < 1.29 is 10.0 Å². The van der Waals surface area contributed by atoms with Crippen molar-refractivity contribution in [2.75, 3.05) is 14.1 Å². The number of rotatable bonds is 4. The molecule has 18 heavy (non-hydrogen) atoms. The number of pyridine rings is 1. The molecule has 0 aliphatic rings. The Balaban J connectivity index is 3.51. The first-order chi connectivity index (χ1) is 8.38. The molecule has 0 unspecified atom stereocenters. The monoisotopic (exact) mass is 314 g/mol. The molecule has 1 heterocycles. The second kappa shape index (κ2) is 5.58. The van der Waals surface area contributed by atoms with Crippen LogP contribution in [0.15, 0.2) is 16.7 Å². The molecule has 96 valence electrons. The maximum absolute atomic E-state index is 10.7. The minimum Gasteiger partial charge on any atom is -0.493 e. The highest BCUT2D eigenvalue weighted by Crippen LogP contribution is 2.31. The van der Waals surface area contributed by atoms with Crippen molar-refractivity contribution in [1.82, 2.24) is 9.88 Å². The Morgan fingerprint density at radius 1 is 1.67 bits per heavy atom.